The molecule has 186 valence electrons. The van der Waals surface area contributed by atoms with Crippen molar-refractivity contribution in [2.45, 2.75) is 65.8 Å². The molecule has 7 nitrogen and oxygen atoms in total. The fourth-order valence-corrected chi connectivity index (χ4v) is 4.61. The third-order valence-electron chi connectivity index (χ3n) is 6.43. The van der Waals surface area contributed by atoms with Crippen LogP contribution in [0.4, 0.5) is 5.69 Å². The minimum absolute atomic E-state index is 0.123. The fraction of sp³-hybridized carbons (Fsp3) is 0.464. The van der Waals surface area contributed by atoms with Gasteiger partial charge in [0.15, 0.2) is 11.5 Å². The van der Waals surface area contributed by atoms with Crippen LogP contribution in [0.5, 0.6) is 0 Å². The van der Waals surface area contributed by atoms with Crippen LogP contribution in [0.15, 0.2) is 46.9 Å². The number of rotatable bonds is 4. The summed E-state index contributed by atoms with van der Waals surface area (Å²) in [6.45, 7) is 7.82. The fourth-order valence-electron chi connectivity index (χ4n) is 4.61. The largest absolute Gasteiger partial charge is 0.460 e. The molecule has 3 heterocycles. The summed E-state index contributed by atoms with van der Waals surface area (Å²) in [5, 5.41) is 7.24. The number of hydrogen-bond acceptors (Lipinski definition) is 4. The summed E-state index contributed by atoms with van der Waals surface area (Å²) in [5.74, 6) is 1.78. The highest BCUT2D eigenvalue weighted by Crippen LogP contribution is 2.27. The monoisotopic (exact) mass is 476 g/mol. The average molecular weight is 477 g/mol. The molecule has 1 aromatic carbocycles. The molecule has 2 aromatic heterocycles. The molecule has 0 radical (unpaired) electrons. The number of nitrogens with zero attached hydrogens (tertiary/aromatic N) is 3. The van der Waals surface area contributed by atoms with E-state index < -0.39 is 0 Å². The van der Waals surface area contributed by atoms with E-state index in [1.54, 1.807) is 6.07 Å². The number of para-hydroxylation sites is 1. The van der Waals surface area contributed by atoms with Crippen molar-refractivity contribution >= 4 is 17.5 Å². The van der Waals surface area contributed by atoms with Crippen molar-refractivity contribution in [2.24, 2.45) is 5.92 Å². The van der Waals surface area contributed by atoms with Gasteiger partial charge in [-0.25, -0.2) is 0 Å². The summed E-state index contributed by atoms with van der Waals surface area (Å²) < 4.78 is 5.68. The van der Waals surface area contributed by atoms with Gasteiger partial charge in [0.2, 0.25) is 5.91 Å². The van der Waals surface area contributed by atoms with Gasteiger partial charge in [-0.1, -0.05) is 51.3 Å². The molecule has 3 aromatic rings. The Morgan fingerprint density at radius 1 is 1.03 bits per heavy atom. The maximum Gasteiger partial charge on any atom is 0.274 e. The van der Waals surface area contributed by atoms with E-state index in [-0.39, 0.29) is 11.8 Å². The molecule has 1 N–H and O–H groups in total. The van der Waals surface area contributed by atoms with E-state index in [2.05, 4.69) is 24.0 Å². The van der Waals surface area contributed by atoms with E-state index in [0.29, 0.717) is 49.1 Å². The van der Waals surface area contributed by atoms with Crippen molar-refractivity contribution < 1.29 is 14.0 Å². The standard InChI is InChI=1S/C28H36N4O3/c1-20(2)17-27(33)32-16-10-6-4-5-9-15-31(19-22-11-7-8-12-25(22)32)28(34)24-18-23(29-30-24)26-14-13-21(3)35-26/h7-8,11-14,18,20H,4-6,9-10,15-17,19H2,1-3H3,(H,29,30). The Labute approximate surface area is 207 Å². The van der Waals surface area contributed by atoms with Crippen LogP contribution in [0.25, 0.3) is 11.5 Å². The Kier molecular flexibility index (Phi) is 8.06. The number of fused-ring (bicyclic) bond motifs is 1. The van der Waals surface area contributed by atoms with E-state index in [1.807, 2.05) is 53.1 Å². The molecule has 2 amide bonds. The quantitative estimate of drug-likeness (QED) is 0.503. The van der Waals surface area contributed by atoms with Crippen molar-refractivity contribution in [1.82, 2.24) is 15.1 Å². The van der Waals surface area contributed by atoms with Crippen molar-refractivity contribution in [1.29, 1.82) is 0 Å². The number of carbonyl (C=O) groups is 2. The maximum atomic E-state index is 13.6. The molecular formula is C28H36N4O3. The minimum Gasteiger partial charge on any atom is -0.460 e. The first-order chi connectivity index (χ1) is 16.9. The van der Waals surface area contributed by atoms with Crippen LogP contribution >= 0.6 is 0 Å². The van der Waals surface area contributed by atoms with Crippen molar-refractivity contribution in [3.63, 3.8) is 0 Å². The molecule has 0 saturated carbocycles. The van der Waals surface area contributed by atoms with E-state index in [0.717, 1.165) is 49.1 Å². The first kappa shape index (κ1) is 24.8. The van der Waals surface area contributed by atoms with Crippen LogP contribution in [-0.4, -0.2) is 40.0 Å². The molecule has 4 rings (SSSR count). The summed E-state index contributed by atoms with van der Waals surface area (Å²) >= 11 is 0. The molecule has 35 heavy (non-hydrogen) atoms. The number of nitrogens with one attached hydrogen (secondary N) is 1. The first-order valence-corrected chi connectivity index (χ1v) is 12.7. The number of benzene rings is 1. The van der Waals surface area contributed by atoms with Gasteiger partial charge in [-0.15, -0.1) is 0 Å². The normalized spacial score (nSPS) is 15.4. The second-order valence-electron chi connectivity index (χ2n) is 9.84. The van der Waals surface area contributed by atoms with Crippen molar-refractivity contribution in [3.8, 4) is 11.5 Å². The van der Waals surface area contributed by atoms with Gasteiger partial charge in [-0.2, -0.15) is 5.10 Å². The highest BCUT2D eigenvalue weighted by molar-refractivity contribution is 5.95. The summed E-state index contributed by atoms with van der Waals surface area (Å²) in [6.07, 6.45) is 5.68. The highest BCUT2D eigenvalue weighted by Gasteiger charge is 2.24. The van der Waals surface area contributed by atoms with Crippen LogP contribution in [0, 0.1) is 12.8 Å². The lowest BCUT2D eigenvalue weighted by Crippen LogP contribution is -2.36. The number of hydrogen-bond donors (Lipinski definition) is 1. The first-order valence-electron chi connectivity index (χ1n) is 12.7. The predicted molar refractivity (Wildman–Crippen MR) is 137 cm³/mol. The highest BCUT2D eigenvalue weighted by atomic mass is 16.3. The van der Waals surface area contributed by atoms with Crippen LogP contribution in [-0.2, 0) is 11.3 Å². The lowest BCUT2D eigenvalue weighted by Gasteiger charge is -2.29. The number of aryl methyl sites for hydroxylation is 1. The van der Waals surface area contributed by atoms with Crippen LogP contribution in [0.2, 0.25) is 0 Å². The zero-order chi connectivity index (χ0) is 24.8. The summed E-state index contributed by atoms with van der Waals surface area (Å²) in [6, 6.07) is 13.5. The number of aromatic nitrogens is 2. The molecule has 0 saturated heterocycles. The molecule has 7 heteroatoms. The van der Waals surface area contributed by atoms with Gasteiger partial charge < -0.3 is 14.2 Å². The van der Waals surface area contributed by atoms with Gasteiger partial charge in [-0.3, -0.25) is 14.7 Å². The summed E-state index contributed by atoms with van der Waals surface area (Å²) in [4.78, 5) is 30.6. The third kappa shape index (κ3) is 6.21. The molecule has 0 spiro atoms. The number of aromatic amines is 1. The molecule has 0 bridgehead atoms. The average Bonchev–Trinajstić information content (AvgIpc) is 3.48. The molecule has 1 aliphatic heterocycles. The summed E-state index contributed by atoms with van der Waals surface area (Å²) in [5.41, 5.74) is 2.94. The maximum absolute atomic E-state index is 13.6. The van der Waals surface area contributed by atoms with Crippen molar-refractivity contribution in [3.05, 3.63) is 59.5 Å². The third-order valence-corrected chi connectivity index (χ3v) is 6.43. The number of anilines is 1. The second-order valence-corrected chi connectivity index (χ2v) is 9.84. The molecule has 1 aliphatic rings. The van der Waals surface area contributed by atoms with Gasteiger partial charge in [0.05, 0.1) is 0 Å². The Bertz CT molecular complexity index is 1150. The number of furan rings is 1. The van der Waals surface area contributed by atoms with Crippen LogP contribution in [0.1, 0.15) is 74.2 Å². The van der Waals surface area contributed by atoms with Gasteiger partial charge in [0.1, 0.15) is 11.5 Å². The van der Waals surface area contributed by atoms with E-state index >= 15 is 0 Å². The SMILES string of the molecule is Cc1ccc(-c2cc(C(=O)N3CCCCCCCN(C(=O)CC(C)C)c4ccccc4C3)n[nH]2)o1. The minimum atomic E-state index is -0.123. The Morgan fingerprint density at radius 2 is 1.77 bits per heavy atom. The van der Waals surface area contributed by atoms with Gasteiger partial charge >= 0.3 is 0 Å². The van der Waals surface area contributed by atoms with Gasteiger partial charge in [0.25, 0.3) is 5.91 Å². The lowest BCUT2D eigenvalue weighted by atomic mass is 10.0. The number of H-pyrrole nitrogens is 1. The molecule has 0 fully saturated rings. The zero-order valence-corrected chi connectivity index (χ0v) is 21.0. The summed E-state index contributed by atoms with van der Waals surface area (Å²) in [7, 11) is 0. The van der Waals surface area contributed by atoms with Crippen molar-refractivity contribution in [2.75, 3.05) is 18.0 Å². The molecule has 0 unspecified atom stereocenters. The van der Waals surface area contributed by atoms with Gasteiger partial charge in [0, 0.05) is 37.8 Å². The van der Waals surface area contributed by atoms with Crippen LogP contribution < -0.4 is 4.90 Å². The Morgan fingerprint density at radius 3 is 2.51 bits per heavy atom. The predicted octanol–water partition coefficient (Wildman–Crippen LogP) is 5.96. The lowest BCUT2D eigenvalue weighted by molar-refractivity contribution is -0.119. The smallest absolute Gasteiger partial charge is 0.274 e. The van der Waals surface area contributed by atoms with Gasteiger partial charge in [-0.05, 0) is 49.4 Å². The Hall–Kier alpha value is -3.35. The second kappa shape index (κ2) is 11.4. The number of amides is 2. The number of carbonyl (C=O) groups excluding carboxylic acids is 2. The van der Waals surface area contributed by atoms with E-state index in [1.165, 1.54) is 0 Å². The van der Waals surface area contributed by atoms with E-state index in [9.17, 15) is 9.59 Å². The Balaban J connectivity index is 1.62. The van der Waals surface area contributed by atoms with Crippen LogP contribution in [0.3, 0.4) is 0 Å². The zero-order valence-electron chi connectivity index (χ0n) is 21.0. The molecule has 0 aliphatic carbocycles. The molecular weight excluding hydrogens is 440 g/mol. The molecule has 0 atom stereocenters. The van der Waals surface area contributed by atoms with E-state index in [4.69, 9.17) is 4.42 Å². The topological polar surface area (TPSA) is 82.4 Å².